The van der Waals surface area contributed by atoms with E-state index in [1.165, 1.54) is 0 Å². The first-order chi connectivity index (χ1) is 5.79. The number of ether oxygens (including phenoxy) is 2. The Bertz CT molecular complexity index is 178. The van der Waals surface area contributed by atoms with Crippen LogP contribution in [0.4, 0.5) is 0 Å². The number of rotatable bonds is 4. The summed E-state index contributed by atoms with van der Waals surface area (Å²) in [5, 5.41) is 0. The van der Waals surface area contributed by atoms with E-state index in [2.05, 4.69) is 0 Å². The molecule has 0 aliphatic carbocycles. The van der Waals surface area contributed by atoms with Crippen molar-refractivity contribution in [3.8, 4) is 0 Å². The van der Waals surface area contributed by atoms with E-state index in [4.69, 9.17) is 9.47 Å². The van der Waals surface area contributed by atoms with Crippen molar-refractivity contribution in [2.24, 2.45) is 0 Å². The molecule has 0 aromatic carbocycles. The summed E-state index contributed by atoms with van der Waals surface area (Å²) >= 11 is 0. The molecule has 0 aromatic heterocycles. The fraction of sp³-hybridized carbons (Fsp3) is 0.400. The van der Waals surface area contributed by atoms with Gasteiger partial charge in [0.15, 0.2) is 11.5 Å². The summed E-state index contributed by atoms with van der Waals surface area (Å²) in [5.74, 6) is 1.47. The van der Waals surface area contributed by atoms with Gasteiger partial charge in [-0.25, -0.2) is 0 Å². The van der Waals surface area contributed by atoms with Gasteiger partial charge in [-0.05, 0) is 26.0 Å². The Morgan fingerprint density at radius 3 is 1.33 bits per heavy atom. The highest BCUT2D eigenvalue weighted by molar-refractivity contribution is 5.23. The van der Waals surface area contributed by atoms with Crippen LogP contribution in [-0.4, -0.2) is 14.2 Å². The summed E-state index contributed by atoms with van der Waals surface area (Å²) in [6.45, 7) is 3.86. The topological polar surface area (TPSA) is 18.5 Å². The molecule has 0 spiro atoms. The van der Waals surface area contributed by atoms with Crippen molar-refractivity contribution >= 4 is 0 Å². The lowest BCUT2D eigenvalue weighted by molar-refractivity contribution is 0.241. The van der Waals surface area contributed by atoms with Crippen LogP contribution >= 0.6 is 0 Å². The van der Waals surface area contributed by atoms with Crippen LogP contribution in [0.2, 0.25) is 0 Å². The van der Waals surface area contributed by atoms with E-state index in [0.29, 0.717) is 0 Å². The predicted octanol–water partition coefficient (Wildman–Crippen LogP) is 2.64. The minimum Gasteiger partial charge on any atom is -0.493 e. The monoisotopic (exact) mass is 168 g/mol. The van der Waals surface area contributed by atoms with E-state index in [-0.39, 0.29) is 0 Å². The Kier molecular flexibility index (Phi) is 5.88. The molecular formula is C10H16O2. The van der Waals surface area contributed by atoms with Crippen molar-refractivity contribution in [1.82, 2.24) is 0 Å². The molecule has 0 aromatic rings. The zero-order valence-corrected chi connectivity index (χ0v) is 8.13. The second-order valence-electron chi connectivity index (χ2n) is 2.14. The fourth-order valence-electron chi connectivity index (χ4n) is 0.804. The van der Waals surface area contributed by atoms with E-state index in [0.717, 1.165) is 11.5 Å². The van der Waals surface area contributed by atoms with Gasteiger partial charge >= 0.3 is 0 Å². The van der Waals surface area contributed by atoms with Crippen LogP contribution in [0, 0.1) is 0 Å². The Morgan fingerprint density at radius 2 is 1.17 bits per heavy atom. The summed E-state index contributed by atoms with van der Waals surface area (Å²) in [4.78, 5) is 0. The van der Waals surface area contributed by atoms with Gasteiger partial charge in [0, 0.05) is 0 Å². The maximum absolute atomic E-state index is 5.11. The first-order valence-corrected chi connectivity index (χ1v) is 3.87. The Morgan fingerprint density at radius 1 is 0.833 bits per heavy atom. The van der Waals surface area contributed by atoms with Crippen LogP contribution in [-0.2, 0) is 9.47 Å². The van der Waals surface area contributed by atoms with Crippen molar-refractivity contribution in [3.05, 3.63) is 35.8 Å². The Labute approximate surface area is 74.2 Å². The molecular weight excluding hydrogens is 152 g/mol. The van der Waals surface area contributed by atoms with E-state index < -0.39 is 0 Å². The SMILES string of the molecule is C\C=C/C(OC)=C(\C=C\C)OC. The summed E-state index contributed by atoms with van der Waals surface area (Å²) in [6.07, 6.45) is 7.53. The third-order valence-electron chi connectivity index (χ3n) is 1.32. The molecule has 2 heteroatoms. The molecule has 0 fully saturated rings. The molecule has 0 amide bonds. The van der Waals surface area contributed by atoms with Crippen molar-refractivity contribution < 1.29 is 9.47 Å². The lowest BCUT2D eigenvalue weighted by Crippen LogP contribution is -1.91. The largest absolute Gasteiger partial charge is 0.493 e. The number of hydrogen-bond donors (Lipinski definition) is 0. The van der Waals surface area contributed by atoms with Crippen LogP contribution < -0.4 is 0 Å². The van der Waals surface area contributed by atoms with Gasteiger partial charge in [0.05, 0.1) is 14.2 Å². The molecule has 12 heavy (non-hydrogen) atoms. The van der Waals surface area contributed by atoms with Gasteiger partial charge in [0.1, 0.15) is 0 Å². The van der Waals surface area contributed by atoms with Crippen LogP contribution in [0.1, 0.15) is 13.8 Å². The minimum absolute atomic E-state index is 0.734. The van der Waals surface area contributed by atoms with E-state index in [9.17, 15) is 0 Å². The van der Waals surface area contributed by atoms with E-state index in [1.54, 1.807) is 14.2 Å². The highest BCUT2D eigenvalue weighted by Gasteiger charge is 1.98. The normalized spacial score (nSPS) is 13.7. The number of methoxy groups -OCH3 is 2. The van der Waals surface area contributed by atoms with Gasteiger partial charge in [-0.3, -0.25) is 0 Å². The van der Waals surface area contributed by atoms with E-state index >= 15 is 0 Å². The van der Waals surface area contributed by atoms with Gasteiger partial charge < -0.3 is 9.47 Å². The molecule has 2 nitrogen and oxygen atoms in total. The van der Waals surface area contributed by atoms with Gasteiger partial charge in [0.2, 0.25) is 0 Å². The molecule has 0 saturated heterocycles. The highest BCUT2D eigenvalue weighted by Crippen LogP contribution is 2.09. The maximum Gasteiger partial charge on any atom is 0.160 e. The average Bonchev–Trinajstić information content (AvgIpc) is 2.11. The quantitative estimate of drug-likeness (QED) is 0.474. The fourth-order valence-corrected chi connectivity index (χ4v) is 0.804. The predicted molar refractivity (Wildman–Crippen MR) is 50.7 cm³/mol. The molecule has 0 aliphatic heterocycles. The summed E-state index contributed by atoms with van der Waals surface area (Å²) in [5.41, 5.74) is 0. The minimum atomic E-state index is 0.734. The van der Waals surface area contributed by atoms with Crippen LogP contribution in [0.25, 0.3) is 0 Å². The molecule has 68 valence electrons. The molecule has 0 saturated carbocycles. The Hall–Kier alpha value is -1.18. The van der Waals surface area contributed by atoms with Gasteiger partial charge in [0.25, 0.3) is 0 Å². The Balaban J connectivity index is 4.73. The maximum atomic E-state index is 5.11. The molecule has 0 rings (SSSR count). The third-order valence-corrected chi connectivity index (χ3v) is 1.32. The van der Waals surface area contributed by atoms with Crippen LogP contribution in [0.5, 0.6) is 0 Å². The molecule has 0 N–H and O–H groups in total. The van der Waals surface area contributed by atoms with Gasteiger partial charge in [-0.15, -0.1) is 0 Å². The van der Waals surface area contributed by atoms with Gasteiger partial charge in [-0.1, -0.05) is 12.2 Å². The molecule has 0 bridgehead atoms. The van der Waals surface area contributed by atoms with Crippen molar-refractivity contribution in [2.75, 3.05) is 14.2 Å². The third kappa shape index (κ3) is 3.28. The van der Waals surface area contributed by atoms with Crippen LogP contribution in [0.15, 0.2) is 35.8 Å². The lowest BCUT2D eigenvalue weighted by Gasteiger charge is -2.05. The highest BCUT2D eigenvalue weighted by atomic mass is 16.5. The second-order valence-corrected chi connectivity index (χ2v) is 2.14. The molecule has 0 atom stereocenters. The standard InChI is InChI=1S/C10H16O2/c1-5-7-9(11-3)10(12-4)8-6-2/h5-8H,1-4H3/b7-5-,8-6+,10-9-. The van der Waals surface area contributed by atoms with Crippen molar-refractivity contribution in [2.45, 2.75) is 13.8 Å². The zero-order valence-electron chi connectivity index (χ0n) is 8.13. The molecule has 0 aliphatic rings. The van der Waals surface area contributed by atoms with E-state index in [1.807, 2.05) is 38.2 Å². The zero-order chi connectivity index (χ0) is 9.40. The van der Waals surface area contributed by atoms with Crippen molar-refractivity contribution in [3.63, 3.8) is 0 Å². The molecule has 0 heterocycles. The van der Waals surface area contributed by atoms with Crippen molar-refractivity contribution in [1.29, 1.82) is 0 Å². The molecule has 0 radical (unpaired) electrons. The van der Waals surface area contributed by atoms with Crippen LogP contribution in [0.3, 0.4) is 0 Å². The average molecular weight is 168 g/mol. The lowest BCUT2D eigenvalue weighted by atomic mass is 10.3. The smallest absolute Gasteiger partial charge is 0.160 e. The summed E-state index contributed by atoms with van der Waals surface area (Å²) in [7, 11) is 3.25. The van der Waals surface area contributed by atoms with Gasteiger partial charge in [-0.2, -0.15) is 0 Å². The summed E-state index contributed by atoms with van der Waals surface area (Å²) in [6, 6.07) is 0. The summed E-state index contributed by atoms with van der Waals surface area (Å²) < 4.78 is 10.2. The second kappa shape index (κ2) is 6.53. The number of hydrogen-bond acceptors (Lipinski definition) is 2. The number of allylic oxidation sites excluding steroid dienone is 4. The first kappa shape index (κ1) is 10.8. The molecule has 0 unspecified atom stereocenters. The first-order valence-electron chi connectivity index (χ1n) is 3.87.